The van der Waals surface area contributed by atoms with Gasteiger partial charge < -0.3 is 9.15 Å². The van der Waals surface area contributed by atoms with Gasteiger partial charge in [0.1, 0.15) is 17.2 Å². The standard InChI is InChI=1S/C22H25N3O2S/c1-16(20-13-8-14-27-20)24-25-19(18-11-6-7-12-21(18)26-2)15-28-22(25)23-17-9-4-3-5-10-17/h6-8,11-15,17H,3-5,9-10H2,1-2H3. The van der Waals surface area contributed by atoms with Crippen LogP contribution in [0.2, 0.25) is 0 Å². The molecule has 1 aliphatic carbocycles. The zero-order chi connectivity index (χ0) is 19.3. The molecule has 6 heteroatoms. The van der Waals surface area contributed by atoms with E-state index < -0.39 is 0 Å². The van der Waals surface area contributed by atoms with Crippen LogP contribution in [0.1, 0.15) is 44.8 Å². The molecule has 4 rings (SSSR count). The molecule has 0 aliphatic heterocycles. The van der Waals surface area contributed by atoms with Crippen molar-refractivity contribution in [2.24, 2.45) is 10.1 Å². The van der Waals surface area contributed by atoms with E-state index >= 15 is 0 Å². The normalized spacial score (nSPS) is 16.5. The van der Waals surface area contributed by atoms with Crippen LogP contribution in [0, 0.1) is 0 Å². The van der Waals surface area contributed by atoms with Gasteiger partial charge in [0, 0.05) is 10.9 Å². The Kier molecular flexibility index (Phi) is 5.76. The van der Waals surface area contributed by atoms with E-state index in [1.54, 1.807) is 24.7 Å². The monoisotopic (exact) mass is 395 g/mol. The molecule has 3 aromatic rings. The van der Waals surface area contributed by atoms with E-state index in [1.165, 1.54) is 19.3 Å². The number of para-hydroxylation sites is 1. The fourth-order valence-electron chi connectivity index (χ4n) is 3.58. The van der Waals surface area contributed by atoms with Crippen LogP contribution >= 0.6 is 11.3 Å². The summed E-state index contributed by atoms with van der Waals surface area (Å²) in [4.78, 5) is 5.97. The highest BCUT2D eigenvalue weighted by Crippen LogP contribution is 2.30. The Bertz CT molecular complexity index is 1010. The van der Waals surface area contributed by atoms with Crippen LogP contribution in [-0.2, 0) is 0 Å². The fourth-order valence-corrected chi connectivity index (χ4v) is 4.47. The Hall–Kier alpha value is -2.60. The molecule has 146 valence electrons. The molecule has 0 radical (unpaired) electrons. The van der Waals surface area contributed by atoms with Crippen molar-refractivity contribution in [3.63, 3.8) is 0 Å². The Morgan fingerprint density at radius 1 is 1.14 bits per heavy atom. The van der Waals surface area contributed by atoms with E-state index in [1.807, 2.05) is 41.9 Å². The third-order valence-corrected chi connectivity index (χ3v) is 5.89. The van der Waals surface area contributed by atoms with Gasteiger partial charge in [-0.05, 0) is 44.0 Å². The highest BCUT2D eigenvalue weighted by atomic mass is 32.1. The van der Waals surface area contributed by atoms with E-state index in [2.05, 4.69) is 11.4 Å². The number of furan rings is 1. The van der Waals surface area contributed by atoms with E-state index in [0.29, 0.717) is 6.04 Å². The maximum absolute atomic E-state index is 5.58. The van der Waals surface area contributed by atoms with Crippen molar-refractivity contribution in [2.75, 3.05) is 7.11 Å². The number of hydrogen-bond acceptors (Lipinski definition) is 5. The number of aromatic nitrogens is 1. The number of nitrogens with zero attached hydrogens (tertiary/aromatic N) is 3. The molecule has 2 heterocycles. The van der Waals surface area contributed by atoms with Crippen molar-refractivity contribution in [3.05, 3.63) is 58.6 Å². The molecule has 5 nitrogen and oxygen atoms in total. The zero-order valence-electron chi connectivity index (χ0n) is 16.3. The second-order valence-electron chi connectivity index (χ2n) is 7.00. The fraction of sp³-hybridized carbons (Fsp3) is 0.364. The minimum absolute atomic E-state index is 0.378. The first-order chi connectivity index (χ1) is 13.8. The maximum Gasteiger partial charge on any atom is 0.206 e. The molecule has 28 heavy (non-hydrogen) atoms. The maximum atomic E-state index is 5.58. The second-order valence-corrected chi connectivity index (χ2v) is 7.84. The van der Waals surface area contributed by atoms with Crippen molar-refractivity contribution in [3.8, 4) is 17.0 Å². The van der Waals surface area contributed by atoms with Gasteiger partial charge in [0.05, 0.1) is 25.1 Å². The molecule has 1 aromatic carbocycles. The lowest BCUT2D eigenvalue weighted by molar-refractivity contribution is 0.416. The minimum Gasteiger partial charge on any atom is -0.496 e. The smallest absolute Gasteiger partial charge is 0.206 e. The molecule has 1 fully saturated rings. The lowest BCUT2D eigenvalue weighted by Crippen LogP contribution is -2.19. The van der Waals surface area contributed by atoms with Crippen LogP contribution in [0.3, 0.4) is 0 Å². The molecule has 0 N–H and O–H groups in total. The predicted octanol–water partition coefficient (Wildman–Crippen LogP) is 5.32. The molecule has 0 atom stereocenters. The molecule has 0 spiro atoms. The molecule has 0 amide bonds. The SMILES string of the molecule is COc1ccccc1-c1csc(=NC2CCCCC2)n1N=C(C)c1ccco1. The van der Waals surface area contributed by atoms with Crippen molar-refractivity contribution in [2.45, 2.75) is 45.1 Å². The predicted molar refractivity (Wildman–Crippen MR) is 113 cm³/mol. The van der Waals surface area contributed by atoms with Crippen LogP contribution in [0.4, 0.5) is 0 Å². The summed E-state index contributed by atoms with van der Waals surface area (Å²) >= 11 is 1.63. The molecule has 0 unspecified atom stereocenters. The van der Waals surface area contributed by atoms with Gasteiger partial charge in [0.25, 0.3) is 0 Å². The molecular formula is C22H25N3O2S. The van der Waals surface area contributed by atoms with Crippen LogP contribution in [0.25, 0.3) is 11.3 Å². The third kappa shape index (κ3) is 3.97. The quantitative estimate of drug-likeness (QED) is 0.549. The summed E-state index contributed by atoms with van der Waals surface area (Å²) in [6.07, 6.45) is 7.81. The van der Waals surface area contributed by atoms with Gasteiger partial charge in [-0.15, -0.1) is 11.3 Å². The Labute approximate surface area is 169 Å². The van der Waals surface area contributed by atoms with Gasteiger partial charge in [-0.2, -0.15) is 5.10 Å². The van der Waals surface area contributed by atoms with Crippen molar-refractivity contribution >= 4 is 17.0 Å². The molecule has 1 saturated carbocycles. The summed E-state index contributed by atoms with van der Waals surface area (Å²) in [5.41, 5.74) is 2.79. The number of methoxy groups -OCH3 is 1. The summed E-state index contributed by atoms with van der Waals surface area (Å²) in [5.74, 6) is 1.58. The number of ether oxygens (including phenoxy) is 1. The topological polar surface area (TPSA) is 52.0 Å². The largest absolute Gasteiger partial charge is 0.496 e. The van der Waals surface area contributed by atoms with Crippen LogP contribution in [0.5, 0.6) is 5.75 Å². The Morgan fingerprint density at radius 2 is 1.96 bits per heavy atom. The van der Waals surface area contributed by atoms with E-state index in [-0.39, 0.29) is 0 Å². The van der Waals surface area contributed by atoms with E-state index in [4.69, 9.17) is 19.2 Å². The first kappa shape index (κ1) is 18.7. The molecular weight excluding hydrogens is 370 g/mol. The van der Waals surface area contributed by atoms with E-state index in [9.17, 15) is 0 Å². The first-order valence-electron chi connectivity index (χ1n) is 9.73. The lowest BCUT2D eigenvalue weighted by Gasteiger charge is -2.17. The van der Waals surface area contributed by atoms with Gasteiger partial charge in [-0.3, -0.25) is 4.99 Å². The Morgan fingerprint density at radius 3 is 2.71 bits per heavy atom. The van der Waals surface area contributed by atoms with Gasteiger partial charge in [-0.1, -0.05) is 31.4 Å². The van der Waals surface area contributed by atoms with Gasteiger partial charge in [-0.25, -0.2) is 4.68 Å². The number of thiazole rings is 1. The molecule has 0 saturated heterocycles. The average Bonchev–Trinajstić information content (AvgIpc) is 3.40. The van der Waals surface area contributed by atoms with Gasteiger partial charge >= 0.3 is 0 Å². The van der Waals surface area contributed by atoms with Crippen LogP contribution in [-0.4, -0.2) is 23.5 Å². The van der Waals surface area contributed by atoms with Gasteiger partial charge in [0.2, 0.25) is 4.80 Å². The summed E-state index contributed by atoms with van der Waals surface area (Å²) in [6.45, 7) is 1.96. The summed E-state index contributed by atoms with van der Waals surface area (Å²) < 4.78 is 13.1. The molecule has 1 aliphatic rings. The van der Waals surface area contributed by atoms with E-state index in [0.717, 1.165) is 46.1 Å². The third-order valence-electron chi connectivity index (χ3n) is 5.06. The van der Waals surface area contributed by atoms with Crippen LogP contribution in [0.15, 0.2) is 62.6 Å². The minimum atomic E-state index is 0.378. The summed E-state index contributed by atoms with van der Waals surface area (Å²) in [6, 6.07) is 12.2. The zero-order valence-corrected chi connectivity index (χ0v) is 17.1. The van der Waals surface area contributed by atoms with Gasteiger partial charge in [0.15, 0.2) is 0 Å². The highest BCUT2D eigenvalue weighted by Gasteiger charge is 2.16. The summed E-state index contributed by atoms with van der Waals surface area (Å²) in [5, 5.41) is 6.99. The second kappa shape index (κ2) is 8.61. The van der Waals surface area contributed by atoms with Crippen molar-refractivity contribution in [1.29, 1.82) is 0 Å². The highest BCUT2D eigenvalue weighted by molar-refractivity contribution is 7.07. The summed E-state index contributed by atoms with van der Waals surface area (Å²) in [7, 11) is 1.69. The number of rotatable bonds is 5. The van der Waals surface area contributed by atoms with Crippen LogP contribution < -0.4 is 9.54 Å². The van der Waals surface area contributed by atoms with Crippen molar-refractivity contribution in [1.82, 2.24) is 4.68 Å². The van der Waals surface area contributed by atoms with Crippen molar-refractivity contribution < 1.29 is 9.15 Å². The first-order valence-corrected chi connectivity index (χ1v) is 10.6. The number of hydrogen-bond donors (Lipinski definition) is 0. The molecule has 0 bridgehead atoms. The average molecular weight is 396 g/mol. The Balaban J connectivity index is 1.85. The molecule has 2 aromatic heterocycles. The lowest BCUT2D eigenvalue weighted by atomic mass is 9.96. The number of benzene rings is 1.